The van der Waals surface area contributed by atoms with Crippen molar-refractivity contribution in [1.82, 2.24) is 0 Å². The molecule has 216 valence electrons. The van der Waals surface area contributed by atoms with E-state index in [1.165, 1.54) is 0 Å². The molecule has 0 aromatic heterocycles. The molecule has 0 aliphatic carbocycles. The van der Waals surface area contributed by atoms with Crippen molar-refractivity contribution in [3.63, 3.8) is 0 Å². The quantitative estimate of drug-likeness (QED) is 0.204. The van der Waals surface area contributed by atoms with Crippen molar-refractivity contribution < 1.29 is 33.5 Å². The molecule has 2 saturated heterocycles. The summed E-state index contributed by atoms with van der Waals surface area (Å²) >= 11 is 0. The number of nitrogens with zero attached hydrogens (tertiary/aromatic N) is 2. The Hall–Kier alpha value is -3.44. The third kappa shape index (κ3) is 6.25. The molecule has 0 bridgehead atoms. The zero-order valence-corrected chi connectivity index (χ0v) is 23.5. The van der Waals surface area contributed by atoms with Gasteiger partial charge >= 0.3 is 0 Å². The molecule has 2 aromatic carbocycles. The van der Waals surface area contributed by atoms with Crippen LogP contribution >= 0.6 is 0 Å². The third-order valence-corrected chi connectivity index (χ3v) is 6.57. The van der Waals surface area contributed by atoms with E-state index in [0.717, 1.165) is 24.5 Å². The minimum atomic E-state index is -0.143. The number of anilines is 5. The number of benzene rings is 2. The molecule has 11 heteroatoms. The van der Waals surface area contributed by atoms with Gasteiger partial charge in [-0.25, -0.2) is 0 Å². The topological polar surface area (TPSA) is 120 Å². The summed E-state index contributed by atoms with van der Waals surface area (Å²) in [6.45, 7) is 14.5. The maximum atomic E-state index is 11.1. The molecule has 2 aliphatic rings. The lowest BCUT2D eigenvalue weighted by Gasteiger charge is -2.34. The number of morpholine rings is 2. The molecule has 4 rings (SSSR count). The summed E-state index contributed by atoms with van der Waals surface area (Å²) in [5.74, 6) is 1.89. The van der Waals surface area contributed by atoms with E-state index in [4.69, 9.17) is 34.2 Å². The fourth-order valence-corrected chi connectivity index (χ4v) is 4.86. The number of hydrogen-bond donors (Lipinski definition) is 3. The molecule has 4 N–H and O–H groups in total. The Morgan fingerprint density at radius 3 is 1.90 bits per heavy atom. The number of ether oxygens (including phenoxy) is 6. The summed E-state index contributed by atoms with van der Waals surface area (Å²) in [7, 11) is 0. The molecule has 11 nitrogen and oxygen atoms in total. The highest BCUT2D eigenvalue weighted by Crippen LogP contribution is 2.55. The van der Waals surface area contributed by atoms with Gasteiger partial charge in [-0.2, -0.15) is 0 Å². The van der Waals surface area contributed by atoms with Crippen molar-refractivity contribution in [2.75, 3.05) is 99.9 Å². The van der Waals surface area contributed by atoms with E-state index in [1.807, 2.05) is 39.8 Å². The van der Waals surface area contributed by atoms with Crippen LogP contribution in [0.5, 0.6) is 28.7 Å². The van der Waals surface area contributed by atoms with Gasteiger partial charge in [0.05, 0.1) is 64.2 Å². The van der Waals surface area contributed by atoms with Crippen molar-refractivity contribution in [3.05, 3.63) is 12.1 Å². The Bertz CT molecular complexity index is 1100. The molecular formula is C28H42N4O7. The number of hydrogen-bond acceptors (Lipinski definition) is 11. The predicted octanol–water partition coefficient (Wildman–Crippen LogP) is 3.99. The van der Waals surface area contributed by atoms with Crippen LogP contribution in [-0.4, -0.2) is 84.1 Å². The molecule has 2 aromatic rings. The first kappa shape index (κ1) is 28.6. The van der Waals surface area contributed by atoms with Crippen molar-refractivity contribution in [3.8, 4) is 28.7 Å². The summed E-state index contributed by atoms with van der Waals surface area (Å²) < 4.78 is 35.4. The highest BCUT2D eigenvalue weighted by Gasteiger charge is 2.30. The summed E-state index contributed by atoms with van der Waals surface area (Å²) in [6, 6.07) is 3.95. The fourth-order valence-electron chi connectivity index (χ4n) is 4.86. The lowest BCUT2D eigenvalue weighted by molar-refractivity contribution is 0.122. The Labute approximate surface area is 230 Å². The molecule has 0 spiro atoms. The van der Waals surface area contributed by atoms with Crippen LogP contribution in [0.1, 0.15) is 27.7 Å². The normalized spacial score (nSPS) is 15.7. The van der Waals surface area contributed by atoms with Gasteiger partial charge in [0.25, 0.3) is 0 Å². The van der Waals surface area contributed by atoms with Gasteiger partial charge in [0.2, 0.25) is 0 Å². The van der Waals surface area contributed by atoms with E-state index < -0.39 is 0 Å². The van der Waals surface area contributed by atoms with Crippen molar-refractivity contribution in [1.29, 1.82) is 0 Å². The number of rotatable bonds is 12. The van der Waals surface area contributed by atoms with Crippen LogP contribution in [0.3, 0.4) is 0 Å². The smallest absolute Gasteiger partial charge is 0.188 e. The lowest BCUT2D eigenvalue weighted by atomic mass is 10.1. The maximum absolute atomic E-state index is 11.1. The number of phenols is 1. The first-order valence-electron chi connectivity index (χ1n) is 13.8. The van der Waals surface area contributed by atoms with Gasteiger partial charge in [-0.05, 0) is 27.7 Å². The van der Waals surface area contributed by atoms with Crippen LogP contribution in [0.25, 0.3) is 0 Å². The monoisotopic (exact) mass is 546 g/mol. The standard InChI is InChI=1S/C28H42N4O7/c1-5-36-21-18-20(31-9-13-34-14-10-31)22(37-6-2)17-19(21)30-24-25(32-11-15-35-16-12-32)28(39-8-4)26(33)23(29)27(24)38-7-3/h17-18,30,33H,5-16,29H2,1-4H3. The van der Waals surface area contributed by atoms with Gasteiger partial charge in [0, 0.05) is 38.3 Å². The molecule has 0 unspecified atom stereocenters. The summed E-state index contributed by atoms with van der Waals surface area (Å²) in [5.41, 5.74) is 9.42. The van der Waals surface area contributed by atoms with Crippen LogP contribution in [-0.2, 0) is 9.47 Å². The summed E-state index contributed by atoms with van der Waals surface area (Å²) in [4.78, 5) is 4.36. The average molecular weight is 547 g/mol. The average Bonchev–Trinajstić information content (AvgIpc) is 2.96. The van der Waals surface area contributed by atoms with Crippen molar-refractivity contribution >= 4 is 28.4 Å². The zero-order valence-electron chi connectivity index (χ0n) is 23.5. The molecule has 0 amide bonds. The molecule has 2 heterocycles. The van der Waals surface area contributed by atoms with Gasteiger partial charge in [-0.3, -0.25) is 0 Å². The Balaban J connectivity index is 1.90. The van der Waals surface area contributed by atoms with Crippen LogP contribution < -0.4 is 39.8 Å². The zero-order chi connectivity index (χ0) is 27.8. The first-order chi connectivity index (χ1) is 19.0. The molecule has 0 atom stereocenters. The number of nitrogens with two attached hydrogens (primary N) is 1. The second kappa shape index (κ2) is 13.6. The number of nitrogens with one attached hydrogen (secondary N) is 1. The molecule has 2 aliphatic heterocycles. The predicted molar refractivity (Wildman–Crippen MR) is 153 cm³/mol. The molecular weight excluding hydrogens is 504 g/mol. The van der Waals surface area contributed by atoms with Crippen LogP contribution in [0, 0.1) is 0 Å². The van der Waals surface area contributed by atoms with E-state index >= 15 is 0 Å². The Morgan fingerprint density at radius 2 is 1.31 bits per heavy atom. The molecule has 39 heavy (non-hydrogen) atoms. The van der Waals surface area contributed by atoms with E-state index in [2.05, 4.69) is 15.1 Å². The number of phenolic OH excluding ortho intramolecular Hbond substituents is 1. The van der Waals surface area contributed by atoms with Crippen molar-refractivity contribution in [2.45, 2.75) is 27.7 Å². The van der Waals surface area contributed by atoms with E-state index in [-0.39, 0.29) is 11.4 Å². The van der Waals surface area contributed by atoms with E-state index in [9.17, 15) is 5.11 Å². The minimum Gasteiger partial charge on any atom is -0.503 e. The second-order valence-corrected chi connectivity index (χ2v) is 9.02. The highest BCUT2D eigenvalue weighted by molar-refractivity contribution is 5.95. The number of aromatic hydroxyl groups is 1. The summed E-state index contributed by atoms with van der Waals surface area (Å²) in [5, 5.41) is 14.6. The maximum Gasteiger partial charge on any atom is 0.188 e. The SMILES string of the molecule is CCOc1cc(N2CCOCC2)c(OCC)cc1Nc1c(OCC)c(N)c(O)c(OCC)c1N1CCOCC1. The molecule has 0 radical (unpaired) electrons. The largest absolute Gasteiger partial charge is 0.503 e. The van der Waals surface area contributed by atoms with Crippen LogP contribution in [0.2, 0.25) is 0 Å². The first-order valence-corrected chi connectivity index (χ1v) is 13.8. The van der Waals surface area contributed by atoms with Crippen molar-refractivity contribution in [2.24, 2.45) is 0 Å². The fraction of sp³-hybridized carbons (Fsp3) is 0.571. The number of nitrogen functional groups attached to an aromatic ring is 1. The molecule has 2 fully saturated rings. The van der Waals surface area contributed by atoms with Gasteiger partial charge in [-0.1, -0.05) is 0 Å². The van der Waals surface area contributed by atoms with E-state index in [0.29, 0.717) is 100 Å². The minimum absolute atomic E-state index is 0.104. The Morgan fingerprint density at radius 1 is 0.769 bits per heavy atom. The van der Waals surface area contributed by atoms with E-state index in [1.54, 1.807) is 0 Å². The van der Waals surface area contributed by atoms with Crippen LogP contribution in [0.4, 0.5) is 28.4 Å². The van der Waals surface area contributed by atoms with Gasteiger partial charge in [-0.15, -0.1) is 0 Å². The van der Waals surface area contributed by atoms with Gasteiger partial charge in [0.15, 0.2) is 17.2 Å². The third-order valence-electron chi connectivity index (χ3n) is 6.57. The summed E-state index contributed by atoms with van der Waals surface area (Å²) in [6.07, 6.45) is 0. The van der Waals surface area contributed by atoms with Crippen LogP contribution in [0.15, 0.2) is 12.1 Å². The Kier molecular flexibility index (Phi) is 9.94. The second-order valence-electron chi connectivity index (χ2n) is 9.02. The van der Waals surface area contributed by atoms with Gasteiger partial charge in [0.1, 0.15) is 28.6 Å². The highest BCUT2D eigenvalue weighted by atomic mass is 16.5. The van der Waals surface area contributed by atoms with Gasteiger partial charge < -0.3 is 54.4 Å². The lowest BCUT2D eigenvalue weighted by Crippen LogP contribution is -2.37. The molecule has 0 saturated carbocycles.